The van der Waals surface area contributed by atoms with Crippen LogP contribution in [0, 0.1) is 5.92 Å². The van der Waals surface area contributed by atoms with Gasteiger partial charge in [-0.2, -0.15) is 0 Å². The highest BCUT2D eigenvalue weighted by Crippen LogP contribution is 2.14. The number of hydrogen-bond donors (Lipinski definition) is 8. The Labute approximate surface area is 154 Å². The first-order valence-corrected chi connectivity index (χ1v) is 8.64. The number of amides is 1. The van der Waals surface area contributed by atoms with E-state index in [1.54, 1.807) is 13.8 Å². The molecular weight excluding hydrogens is 344 g/mol. The van der Waals surface area contributed by atoms with Crippen LogP contribution in [0.2, 0.25) is 0 Å². The van der Waals surface area contributed by atoms with Crippen molar-refractivity contribution in [3.05, 3.63) is 12.2 Å². The lowest BCUT2D eigenvalue weighted by Gasteiger charge is -2.31. The minimum Gasteiger partial charge on any atom is -0.394 e. The summed E-state index contributed by atoms with van der Waals surface area (Å²) < 4.78 is 0. The number of nitrogens with one attached hydrogen (secondary N) is 2. The summed E-state index contributed by atoms with van der Waals surface area (Å²) in [6.07, 6.45) is -7.62. The first-order valence-electron chi connectivity index (χ1n) is 8.64. The van der Waals surface area contributed by atoms with E-state index in [9.17, 15) is 30.3 Å². The van der Waals surface area contributed by atoms with Crippen LogP contribution in [0.3, 0.4) is 0 Å². The number of aliphatic hydroxyl groups is 6. The summed E-state index contributed by atoms with van der Waals surface area (Å²) in [4.78, 5) is 12.3. The molecule has 0 aliphatic rings. The minimum absolute atomic E-state index is 0.00628. The third-order valence-corrected chi connectivity index (χ3v) is 4.13. The Kier molecular flexibility index (Phi) is 11.1. The second-order valence-electron chi connectivity index (χ2n) is 6.97. The van der Waals surface area contributed by atoms with Crippen LogP contribution in [0.15, 0.2) is 12.2 Å². The normalized spacial score (nSPS) is 20.0. The van der Waals surface area contributed by atoms with Crippen molar-refractivity contribution in [2.45, 2.75) is 70.3 Å². The highest BCUT2D eigenvalue weighted by molar-refractivity contribution is 5.79. The van der Waals surface area contributed by atoms with Gasteiger partial charge in [0.25, 0.3) is 0 Å². The molecule has 0 spiro atoms. The van der Waals surface area contributed by atoms with E-state index in [0.717, 1.165) is 0 Å². The van der Waals surface area contributed by atoms with E-state index in [0.29, 0.717) is 5.57 Å². The third kappa shape index (κ3) is 7.67. The molecule has 0 bridgehead atoms. The van der Waals surface area contributed by atoms with E-state index in [1.165, 1.54) is 0 Å². The van der Waals surface area contributed by atoms with E-state index >= 15 is 0 Å². The maximum atomic E-state index is 12.3. The van der Waals surface area contributed by atoms with E-state index in [-0.39, 0.29) is 12.6 Å². The summed E-state index contributed by atoms with van der Waals surface area (Å²) in [6, 6.07) is -0.594. The van der Waals surface area contributed by atoms with Gasteiger partial charge < -0.3 is 41.3 Å². The van der Waals surface area contributed by atoms with Gasteiger partial charge in [-0.3, -0.25) is 4.79 Å². The van der Waals surface area contributed by atoms with Gasteiger partial charge in [-0.25, -0.2) is 0 Å². The van der Waals surface area contributed by atoms with E-state index in [1.807, 2.05) is 13.8 Å². The maximum absolute atomic E-state index is 12.3. The lowest BCUT2D eigenvalue weighted by molar-refractivity contribution is -0.130. The van der Waals surface area contributed by atoms with Crippen LogP contribution in [0.5, 0.6) is 0 Å². The van der Waals surface area contributed by atoms with Crippen molar-refractivity contribution in [1.29, 1.82) is 0 Å². The molecule has 0 aromatic carbocycles. The van der Waals surface area contributed by atoms with Crippen molar-refractivity contribution in [3.63, 3.8) is 0 Å². The standard InChI is InChI=1S/C17H34N2O7/c1-8(2)14(23)13(19-9(3)4)10(5)17(26)18-6-11(21)15(24)16(25)12(22)7-20/h9-16,19-25H,1,6-7H2,2-5H3,(H,18,26). The van der Waals surface area contributed by atoms with E-state index in [4.69, 9.17) is 5.11 Å². The third-order valence-electron chi connectivity index (χ3n) is 4.13. The Morgan fingerprint density at radius 2 is 1.50 bits per heavy atom. The quantitative estimate of drug-likeness (QED) is 0.173. The summed E-state index contributed by atoms with van der Waals surface area (Å²) in [5.74, 6) is -1.16. The Balaban J connectivity index is 4.83. The van der Waals surface area contributed by atoms with Crippen molar-refractivity contribution in [2.75, 3.05) is 13.2 Å². The Bertz CT molecular complexity index is 447. The number of aliphatic hydroxyl groups excluding tert-OH is 6. The number of carbonyl (C=O) groups is 1. The van der Waals surface area contributed by atoms with Gasteiger partial charge >= 0.3 is 0 Å². The zero-order valence-corrected chi connectivity index (χ0v) is 15.8. The van der Waals surface area contributed by atoms with Crippen molar-refractivity contribution in [2.24, 2.45) is 5.92 Å². The molecule has 8 N–H and O–H groups in total. The Morgan fingerprint density at radius 3 is 1.92 bits per heavy atom. The largest absolute Gasteiger partial charge is 0.394 e. The molecule has 7 unspecified atom stereocenters. The van der Waals surface area contributed by atoms with Crippen molar-refractivity contribution in [3.8, 4) is 0 Å². The van der Waals surface area contributed by atoms with Gasteiger partial charge in [-0.15, -0.1) is 0 Å². The molecule has 154 valence electrons. The fraction of sp³-hybridized carbons (Fsp3) is 0.824. The van der Waals surface area contributed by atoms with Crippen LogP contribution in [-0.2, 0) is 4.79 Å². The summed E-state index contributed by atoms with van der Waals surface area (Å²) >= 11 is 0. The second-order valence-corrected chi connectivity index (χ2v) is 6.97. The van der Waals surface area contributed by atoms with Gasteiger partial charge in [0.1, 0.15) is 18.3 Å². The minimum atomic E-state index is -1.76. The van der Waals surface area contributed by atoms with E-state index in [2.05, 4.69) is 17.2 Å². The van der Waals surface area contributed by atoms with E-state index < -0.39 is 55.0 Å². The van der Waals surface area contributed by atoms with Crippen molar-refractivity contribution >= 4 is 5.91 Å². The summed E-state index contributed by atoms with van der Waals surface area (Å²) in [5, 5.41) is 63.0. The van der Waals surface area contributed by atoms with Crippen LogP contribution in [0.4, 0.5) is 0 Å². The van der Waals surface area contributed by atoms with Crippen LogP contribution >= 0.6 is 0 Å². The van der Waals surface area contributed by atoms with Crippen molar-refractivity contribution in [1.82, 2.24) is 10.6 Å². The highest BCUT2D eigenvalue weighted by atomic mass is 16.4. The maximum Gasteiger partial charge on any atom is 0.224 e. The fourth-order valence-electron chi connectivity index (χ4n) is 2.41. The Hall–Kier alpha value is -1.07. The molecule has 0 aliphatic heterocycles. The fourth-order valence-corrected chi connectivity index (χ4v) is 2.41. The van der Waals surface area contributed by atoms with Crippen LogP contribution < -0.4 is 10.6 Å². The average molecular weight is 378 g/mol. The van der Waals surface area contributed by atoms with Crippen LogP contribution in [-0.4, -0.2) is 92.3 Å². The molecule has 0 saturated carbocycles. The molecule has 0 heterocycles. The Morgan fingerprint density at radius 1 is 1.00 bits per heavy atom. The molecule has 1 amide bonds. The zero-order chi connectivity index (χ0) is 20.6. The van der Waals surface area contributed by atoms with Crippen LogP contribution in [0.25, 0.3) is 0 Å². The smallest absolute Gasteiger partial charge is 0.224 e. The van der Waals surface area contributed by atoms with Crippen LogP contribution in [0.1, 0.15) is 27.7 Å². The molecule has 26 heavy (non-hydrogen) atoms. The number of rotatable bonds is 12. The van der Waals surface area contributed by atoms with Crippen molar-refractivity contribution < 1.29 is 35.4 Å². The SMILES string of the molecule is C=C(C)C(O)C(NC(C)C)C(C)C(=O)NCC(O)C(O)C(O)C(O)CO. The molecule has 7 atom stereocenters. The lowest BCUT2D eigenvalue weighted by Crippen LogP contribution is -2.54. The predicted molar refractivity (Wildman–Crippen MR) is 96.2 cm³/mol. The average Bonchev–Trinajstić information content (AvgIpc) is 2.60. The monoisotopic (exact) mass is 378 g/mol. The summed E-state index contributed by atoms with van der Waals surface area (Å²) in [5.41, 5.74) is 0.499. The zero-order valence-electron chi connectivity index (χ0n) is 15.8. The highest BCUT2D eigenvalue weighted by Gasteiger charge is 2.33. The molecule has 0 fully saturated rings. The molecule has 9 nitrogen and oxygen atoms in total. The molecule has 0 rings (SSSR count). The topological polar surface area (TPSA) is 163 Å². The first-order chi connectivity index (χ1) is 11.9. The summed E-state index contributed by atoms with van der Waals surface area (Å²) in [7, 11) is 0. The second kappa shape index (κ2) is 11.6. The van der Waals surface area contributed by atoms with Gasteiger partial charge in [0.15, 0.2) is 0 Å². The van der Waals surface area contributed by atoms with Gasteiger partial charge in [-0.1, -0.05) is 32.9 Å². The molecule has 0 aromatic rings. The molecule has 0 aliphatic carbocycles. The number of hydrogen-bond acceptors (Lipinski definition) is 8. The molecule has 0 radical (unpaired) electrons. The molecular formula is C17H34N2O7. The van der Waals surface area contributed by atoms with Gasteiger partial charge in [-0.05, 0) is 6.92 Å². The molecule has 9 heteroatoms. The lowest BCUT2D eigenvalue weighted by atomic mass is 9.91. The van der Waals surface area contributed by atoms with Gasteiger partial charge in [0.05, 0.1) is 24.7 Å². The first kappa shape index (κ1) is 24.9. The van der Waals surface area contributed by atoms with Gasteiger partial charge in [0.2, 0.25) is 5.91 Å². The molecule has 0 saturated heterocycles. The summed E-state index contributed by atoms with van der Waals surface area (Å²) in [6.45, 7) is 9.54. The number of carbonyl (C=O) groups excluding carboxylic acids is 1. The molecule has 0 aromatic heterocycles. The van der Waals surface area contributed by atoms with Gasteiger partial charge in [0, 0.05) is 18.6 Å². The predicted octanol–water partition coefficient (Wildman–Crippen LogP) is -2.52.